The second-order valence-electron chi connectivity index (χ2n) is 9.31. The number of aryl methyl sites for hydroxylation is 1. The van der Waals surface area contributed by atoms with Crippen molar-refractivity contribution in [3.05, 3.63) is 61.2 Å². The molecule has 0 unspecified atom stereocenters. The van der Waals surface area contributed by atoms with Crippen molar-refractivity contribution < 1.29 is 4.79 Å². The molecule has 1 fully saturated rings. The molecule has 7 rings (SSSR count). The summed E-state index contributed by atoms with van der Waals surface area (Å²) in [5.74, 6) is 1.46. The van der Waals surface area contributed by atoms with Crippen molar-refractivity contribution in [2.24, 2.45) is 5.92 Å². The summed E-state index contributed by atoms with van der Waals surface area (Å²) in [6.45, 7) is 1.93. The number of nitrogens with zero attached hydrogens (tertiary/aromatic N) is 7. The first-order valence-electron chi connectivity index (χ1n) is 12.1. The number of rotatable bonds is 5. The number of aromatic amines is 2. The lowest BCUT2D eigenvalue weighted by Crippen LogP contribution is -2.28. The SMILES string of the molecule is Cc1cn(-c2nccc3[nH]c(-c4n[nH]c5cnc(-c6cncc(NC(=O)C7CCC7)c6)cc45)nc23)cn1. The Hall–Kier alpha value is -4.93. The molecule has 0 atom stereocenters. The number of nitrogens with one attached hydrogen (secondary N) is 3. The summed E-state index contributed by atoms with van der Waals surface area (Å²) in [5, 5.41) is 11.4. The fourth-order valence-corrected chi connectivity index (χ4v) is 4.58. The topological polar surface area (TPSA) is 143 Å². The van der Waals surface area contributed by atoms with E-state index in [-0.39, 0.29) is 11.8 Å². The van der Waals surface area contributed by atoms with Crippen LogP contribution in [0, 0.1) is 12.8 Å². The van der Waals surface area contributed by atoms with Gasteiger partial charge in [0.2, 0.25) is 5.91 Å². The van der Waals surface area contributed by atoms with E-state index in [4.69, 9.17) is 4.98 Å². The van der Waals surface area contributed by atoms with Gasteiger partial charge < -0.3 is 10.3 Å². The molecular weight excluding hydrogens is 468 g/mol. The second-order valence-corrected chi connectivity index (χ2v) is 9.31. The number of anilines is 1. The van der Waals surface area contributed by atoms with Crippen LogP contribution < -0.4 is 5.32 Å². The molecule has 0 radical (unpaired) electrons. The van der Waals surface area contributed by atoms with Gasteiger partial charge in [-0.1, -0.05) is 6.42 Å². The predicted molar refractivity (Wildman–Crippen MR) is 138 cm³/mol. The normalized spacial score (nSPS) is 13.8. The first-order valence-corrected chi connectivity index (χ1v) is 12.1. The Bertz CT molecular complexity index is 1790. The molecule has 1 aliphatic carbocycles. The van der Waals surface area contributed by atoms with Gasteiger partial charge in [-0.2, -0.15) is 5.10 Å². The molecule has 3 N–H and O–H groups in total. The molecule has 0 aliphatic heterocycles. The summed E-state index contributed by atoms with van der Waals surface area (Å²) in [6.07, 6.45) is 13.5. The van der Waals surface area contributed by atoms with Crippen LogP contribution in [0.3, 0.4) is 0 Å². The van der Waals surface area contributed by atoms with Crippen molar-refractivity contribution in [1.82, 2.24) is 44.7 Å². The molecular formula is C26H22N10O. The van der Waals surface area contributed by atoms with Gasteiger partial charge in [0.05, 0.1) is 40.5 Å². The highest BCUT2D eigenvalue weighted by atomic mass is 16.1. The summed E-state index contributed by atoms with van der Waals surface area (Å²) in [7, 11) is 0. The van der Waals surface area contributed by atoms with Crippen LogP contribution in [0.15, 0.2) is 55.5 Å². The van der Waals surface area contributed by atoms with Crippen molar-refractivity contribution >= 4 is 33.5 Å². The maximum Gasteiger partial charge on any atom is 0.227 e. The highest BCUT2D eigenvalue weighted by Crippen LogP contribution is 2.31. The van der Waals surface area contributed by atoms with Crippen molar-refractivity contribution in [2.75, 3.05) is 5.32 Å². The van der Waals surface area contributed by atoms with Gasteiger partial charge in [-0.05, 0) is 38.0 Å². The monoisotopic (exact) mass is 490 g/mol. The Kier molecular flexibility index (Phi) is 4.81. The summed E-state index contributed by atoms with van der Waals surface area (Å²) < 4.78 is 1.86. The van der Waals surface area contributed by atoms with E-state index in [0.29, 0.717) is 23.0 Å². The summed E-state index contributed by atoms with van der Waals surface area (Å²) in [6, 6.07) is 5.73. The van der Waals surface area contributed by atoms with Crippen LogP contribution in [0.5, 0.6) is 0 Å². The number of carbonyl (C=O) groups is 1. The lowest BCUT2D eigenvalue weighted by atomic mass is 9.85. The van der Waals surface area contributed by atoms with Crippen LogP contribution in [-0.2, 0) is 4.79 Å². The highest BCUT2D eigenvalue weighted by Gasteiger charge is 2.25. The van der Waals surface area contributed by atoms with Crippen molar-refractivity contribution in [3.8, 4) is 28.6 Å². The smallest absolute Gasteiger partial charge is 0.227 e. The number of fused-ring (bicyclic) bond motifs is 2. The minimum absolute atomic E-state index is 0.0512. The van der Waals surface area contributed by atoms with E-state index in [2.05, 4.69) is 40.4 Å². The molecule has 0 spiro atoms. The average molecular weight is 491 g/mol. The molecule has 0 bridgehead atoms. The van der Waals surface area contributed by atoms with Crippen LogP contribution in [0.2, 0.25) is 0 Å². The van der Waals surface area contributed by atoms with Gasteiger partial charge in [-0.15, -0.1) is 0 Å². The summed E-state index contributed by atoms with van der Waals surface area (Å²) >= 11 is 0. The van der Waals surface area contributed by atoms with E-state index in [9.17, 15) is 4.79 Å². The molecule has 1 aliphatic rings. The third kappa shape index (κ3) is 3.71. The third-order valence-electron chi connectivity index (χ3n) is 6.79. The zero-order valence-electron chi connectivity index (χ0n) is 19.9. The fourth-order valence-electron chi connectivity index (χ4n) is 4.58. The third-order valence-corrected chi connectivity index (χ3v) is 6.79. The molecule has 6 aromatic rings. The molecule has 0 saturated heterocycles. The number of H-pyrrole nitrogens is 2. The minimum Gasteiger partial charge on any atom is -0.336 e. The van der Waals surface area contributed by atoms with Gasteiger partial charge in [0.15, 0.2) is 11.6 Å². The van der Waals surface area contributed by atoms with Crippen LogP contribution >= 0.6 is 0 Å². The molecule has 6 aromatic heterocycles. The number of hydrogen-bond donors (Lipinski definition) is 3. The van der Waals surface area contributed by atoms with Gasteiger partial charge in [0, 0.05) is 35.5 Å². The molecule has 11 heteroatoms. The summed E-state index contributed by atoms with van der Waals surface area (Å²) in [5.41, 5.74) is 6.09. The van der Waals surface area contributed by atoms with Crippen molar-refractivity contribution in [3.63, 3.8) is 0 Å². The molecule has 1 saturated carbocycles. The molecule has 11 nitrogen and oxygen atoms in total. The number of amides is 1. The Labute approximate surface area is 210 Å². The number of imidazole rings is 2. The lowest BCUT2D eigenvalue weighted by molar-refractivity contribution is -0.122. The maximum atomic E-state index is 12.4. The van der Waals surface area contributed by atoms with Crippen LogP contribution in [0.25, 0.3) is 50.5 Å². The van der Waals surface area contributed by atoms with E-state index >= 15 is 0 Å². The van der Waals surface area contributed by atoms with Gasteiger partial charge in [0.1, 0.15) is 17.5 Å². The largest absolute Gasteiger partial charge is 0.336 e. The zero-order chi connectivity index (χ0) is 24.9. The Morgan fingerprint density at radius 2 is 2.03 bits per heavy atom. The highest BCUT2D eigenvalue weighted by molar-refractivity contribution is 5.96. The van der Waals surface area contributed by atoms with Crippen molar-refractivity contribution in [1.29, 1.82) is 0 Å². The van der Waals surface area contributed by atoms with E-state index < -0.39 is 0 Å². The average Bonchev–Trinajstić information content (AvgIpc) is 3.60. The Morgan fingerprint density at radius 3 is 2.84 bits per heavy atom. The van der Waals surface area contributed by atoms with Gasteiger partial charge in [-0.3, -0.25) is 24.4 Å². The molecule has 182 valence electrons. The summed E-state index contributed by atoms with van der Waals surface area (Å²) in [4.78, 5) is 38.3. The number of pyridine rings is 3. The van der Waals surface area contributed by atoms with Crippen molar-refractivity contribution in [2.45, 2.75) is 26.2 Å². The van der Waals surface area contributed by atoms with Gasteiger partial charge in [0.25, 0.3) is 0 Å². The predicted octanol–water partition coefficient (Wildman–Crippen LogP) is 4.19. The van der Waals surface area contributed by atoms with Gasteiger partial charge >= 0.3 is 0 Å². The zero-order valence-corrected chi connectivity index (χ0v) is 19.9. The molecule has 0 aromatic carbocycles. The lowest BCUT2D eigenvalue weighted by Gasteiger charge is -2.24. The van der Waals surface area contributed by atoms with Crippen LogP contribution in [0.1, 0.15) is 25.0 Å². The molecule has 37 heavy (non-hydrogen) atoms. The Morgan fingerprint density at radius 1 is 1.11 bits per heavy atom. The Balaban J connectivity index is 1.26. The fraction of sp³-hybridized carbons (Fsp3) is 0.192. The second kappa shape index (κ2) is 8.33. The minimum atomic E-state index is 0.0512. The van der Waals surface area contributed by atoms with E-state index in [0.717, 1.165) is 58.2 Å². The number of carbonyl (C=O) groups excluding carboxylic acids is 1. The van der Waals surface area contributed by atoms with Gasteiger partial charge in [-0.25, -0.2) is 15.0 Å². The molecule has 6 heterocycles. The first kappa shape index (κ1) is 21.4. The quantitative estimate of drug-likeness (QED) is 0.329. The van der Waals surface area contributed by atoms with E-state index in [1.165, 1.54) is 0 Å². The van der Waals surface area contributed by atoms with Crippen LogP contribution in [0.4, 0.5) is 5.69 Å². The van der Waals surface area contributed by atoms with E-state index in [1.54, 1.807) is 31.1 Å². The molecule has 1 amide bonds. The number of hydrogen-bond acceptors (Lipinski definition) is 7. The van der Waals surface area contributed by atoms with Crippen LogP contribution in [-0.4, -0.2) is 50.6 Å². The maximum absolute atomic E-state index is 12.4. The first-order chi connectivity index (χ1) is 18.1. The standard InChI is InChI=1S/C26H22N10O/c1-14-12-36(13-30-14)25-23-19(5-6-28-25)32-24(33-23)22-18-8-20(29-11-21(18)34-35-22)16-7-17(10-27-9-16)31-26(37)15-3-2-4-15/h5-13,15H,2-4H2,1H3,(H,31,37)(H,32,33)(H,34,35). The van der Waals surface area contributed by atoms with E-state index in [1.807, 2.05) is 35.9 Å². The number of aromatic nitrogens is 9.